The molecule has 1 heterocycles. The summed E-state index contributed by atoms with van der Waals surface area (Å²) < 4.78 is 11.2. The van der Waals surface area contributed by atoms with Gasteiger partial charge in [-0.15, -0.1) is 0 Å². The van der Waals surface area contributed by atoms with Crippen molar-refractivity contribution >= 4 is 23.4 Å². The average molecular weight is 277 g/mol. The Balaban J connectivity index is 1.82. The van der Waals surface area contributed by atoms with E-state index in [9.17, 15) is 4.21 Å². The number of thiol groups is 1. The van der Waals surface area contributed by atoms with Crippen LogP contribution in [0.25, 0.3) is 0 Å². The summed E-state index contributed by atoms with van der Waals surface area (Å²) in [5, 5.41) is 0. The number of rotatable bonds is 9. The smallest absolute Gasteiger partial charge is 0.0363 e. The molecule has 2 nitrogen and oxygen atoms in total. The molecule has 0 saturated carbocycles. The molecule has 0 spiro atoms. The van der Waals surface area contributed by atoms with Gasteiger partial charge in [0.25, 0.3) is 0 Å². The van der Waals surface area contributed by atoms with Crippen LogP contribution in [0.3, 0.4) is 0 Å². The minimum absolute atomic E-state index is 0.523. The Morgan fingerprint density at radius 2 is 1.41 bits per heavy atom. The predicted molar refractivity (Wildman–Crippen MR) is 80.5 cm³/mol. The normalized spacial score (nSPS) is 18.6. The van der Waals surface area contributed by atoms with E-state index in [0.717, 1.165) is 30.3 Å². The molecule has 0 aliphatic carbocycles. The van der Waals surface area contributed by atoms with E-state index in [4.69, 9.17) is 0 Å². The maximum Gasteiger partial charge on any atom is 0.0363 e. The standard InChI is InChI=1S/C13H27NOS2/c15-17-12-9-14(10-13-17)8-6-4-2-1-3-5-7-11-16/h16H,1-13H2. The first-order valence-corrected chi connectivity index (χ1v) is 9.13. The van der Waals surface area contributed by atoms with Gasteiger partial charge in [0, 0.05) is 35.4 Å². The molecule has 1 aliphatic heterocycles. The van der Waals surface area contributed by atoms with Gasteiger partial charge in [-0.1, -0.05) is 32.1 Å². The highest BCUT2D eigenvalue weighted by atomic mass is 32.2. The van der Waals surface area contributed by atoms with Crippen LogP contribution in [0.2, 0.25) is 0 Å². The Bertz CT molecular complexity index is 202. The Kier molecular flexibility index (Phi) is 9.48. The Morgan fingerprint density at radius 1 is 0.882 bits per heavy atom. The van der Waals surface area contributed by atoms with Crippen molar-refractivity contribution in [3.05, 3.63) is 0 Å². The molecule has 102 valence electrons. The second kappa shape index (κ2) is 10.4. The van der Waals surface area contributed by atoms with Gasteiger partial charge < -0.3 is 4.90 Å². The number of hydrogen-bond donors (Lipinski definition) is 1. The van der Waals surface area contributed by atoms with Gasteiger partial charge in [-0.05, 0) is 25.1 Å². The van der Waals surface area contributed by atoms with E-state index in [2.05, 4.69) is 17.5 Å². The summed E-state index contributed by atoms with van der Waals surface area (Å²) in [5.74, 6) is 2.82. The van der Waals surface area contributed by atoms with Crippen molar-refractivity contribution < 1.29 is 4.21 Å². The summed E-state index contributed by atoms with van der Waals surface area (Å²) >= 11 is 4.22. The van der Waals surface area contributed by atoms with Crippen molar-refractivity contribution in [2.45, 2.75) is 44.9 Å². The fraction of sp³-hybridized carbons (Fsp3) is 1.00. The van der Waals surface area contributed by atoms with Gasteiger partial charge in [0.2, 0.25) is 0 Å². The lowest BCUT2D eigenvalue weighted by molar-refractivity contribution is 0.291. The van der Waals surface area contributed by atoms with Crippen molar-refractivity contribution in [2.24, 2.45) is 0 Å². The summed E-state index contributed by atoms with van der Waals surface area (Å²) in [6, 6.07) is 0. The Hall–Kier alpha value is 0.460. The van der Waals surface area contributed by atoms with Crippen LogP contribution in [0.1, 0.15) is 44.9 Å². The summed E-state index contributed by atoms with van der Waals surface area (Å²) in [5.41, 5.74) is 0. The highest BCUT2D eigenvalue weighted by Gasteiger charge is 2.13. The lowest BCUT2D eigenvalue weighted by Crippen LogP contribution is -2.38. The van der Waals surface area contributed by atoms with E-state index in [0.29, 0.717) is 0 Å². The molecular formula is C13H27NOS2. The molecule has 0 radical (unpaired) electrons. The van der Waals surface area contributed by atoms with Gasteiger partial charge in [0.05, 0.1) is 0 Å². The maximum atomic E-state index is 11.2. The van der Waals surface area contributed by atoms with Gasteiger partial charge in [-0.2, -0.15) is 12.6 Å². The van der Waals surface area contributed by atoms with E-state index >= 15 is 0 Å². The molecule has 0 aromatic carbocycles. The largest absolute Gasteiger partial charge is 0.302 e. The maximum absolute atomic E-state index is 11.2. The van der Waals surface area contributed by atoms with Crippen LogP contribution in [-0.4, -0.2) is 46.0 Å². The Labute approximate surface area is 114 Å². The quantitative estimate of drug-likeness (QED) is 0.516. The van der Waals surface area contributed by atoms with Crippen LogP contribution in [0.5, 0.6) is 0 Å². The molecule has 0 bridgehead atoms. The fourth-order valence-electron chi connectivity index (χ4n) is 2.23. The molecule has 17 heavy (non-hydrogen) atoms. The van der Waals surface area contributed by atoms with Crippen LogP contribution < -0.4 is 0 Å². The summed E-state index contributed by atoms with van der Waals surface area (Å²) in [6.07, 6.45) is 9.45. The molecular weight excluding hydrogens is 250 g/mol. The third-order valence-electron chi connectivity index (χ3n) is 3.40. The predicted octanol–water partition coefficient (Wildman–Crippen LogP) is 2.71. The van der Waals surface area contributed by atoms with Gasteiger partial charge in [0.1, 0.15) is 0 Å². The second-order valence-electron chi connectivity index (χ2n) is 4.89. The molecule has 0 amide bonds. The van der Waals surface area contributed by atoms with E-state index in [1.54, 1.807) is 0 Å². The number of hydrogen-bond acceptors (Lipinski definition) is 3. The highest BCUT2D eigenvalue weighted by Crippen LogP contribution is 2.09. The van der Waals surface area contributed by atoms with Gasteiger partial charge in [0.15, 0.2) is 0 Å². The second-order valence-corrected chi connectivity index (χ2v) is 7.03. The zero-order valence-corrected chi connectivity index (χ0v) is 12.6. The monoisotopic (exact) mass is 277 g/mol. The zero-order chi connectivity index (χ0) is 12.3. The van der Waals surface area contributed by atoms with E-state index in [1.807, 2.05) is 0 Å². The fourth-order valence-corrected chi connectivity index (χ4v) is 3.58. The topological polar surface area (TPSA) is 20.3 Å². The number of nitrogens with zero attached hydrogens (tertiary/aromatic N) is 1. The third-order valence-corrected chi connectivity index (χ3v) is 4.99. The summed E-state index contributed by atoms with van der Waals surface area (Å²) in [4.78, 5) is 2.47. The molecule has 1 fully saturated rings. The first-order valence-electron chi connectivity index (χ1n) is 7.01. The van der Waals surface area contributed by atoms with Crippen molar-refractivity contribution in [1.29, 1.82) is 0 Å². The van der Waals surface area contributed by atoms with E-state index in [1.165, 1.54) is 51.5 Å². The zero-order valence-electron chi connectivity index (χ0n) is 10.9. The first-order chi connectivity index (χ1) is 8.33. The Morgan fingerprint density at radius 3 is 2.00 bits per heavy atom. The number of unbranched alkanes of at least 4 members (excludes halogenated alkanes) is 6. The lowest BCUT2D eigenvalue weighted by atomic mass is 10.1. The van der Waals surface area contributed by atoms with Crippen molar-refractivity contribution in [1.82, 2.24) is 4.90 Å². The van der Waals surface area contributed by atoms with E-state index in [-0.39, 0.29) is 0 Å². The van der Waals surface area contributed by atoms with Crippen molar-refractivity contribution in [2.75, 3.05) is 36.9 Å². The third kappa shape index (κ3) is 8.22. The summed E-state index contributed by atoms with van der Waals surface area (Å²) in [7, 11) is -0.523. The van der Waals surface area contributed by atoms with Crippen LogP contribution >= 0.6 is 12.6 Å². The van der Waals surface area contributed by atoms with Crippen LogP contribution in [0, 0.1) is 0 Å². The molecule has 4 heteroatoms. The average Bonchev–Trinajstić information content (AvgIpc) is 2.35. The minimum Gasteiger partial charge on any atom is -0.302 e. The lowest BCUT2D eigenvalue weighted by Gasteiger charge is -2.25. The van der Waals surface area contributed by atoms with Crippen LogP contribution in [-0.2, 0) is 10.8 Å². The molecule has 0 unspecified atom stereocenters. The molecule has 1 saturated heterocycles. The molecule has 0 N–H and O–H groups in total. The molecule has 1 rings (SSSR count). The molecule has 0 aromatic rings. The SMILES string of the molecule is O=S1CCN(CCCCCCCCCS)CC1. The van der Waals surface area contributed by atoms with Gasteiger partial charge in [-0.3, -0.25) is 4.21 Å². The molecule has 0 aromatic heterocycles. The minimum atomic E-state index is -0.523. The van der Waals surface area contributed by atoms with Crippen LogP contribution in [0.4, 0.5) is 0 Å². The summed E-state index contributed by atoms with van der Waals surface area (Å²) in [6.45, 7) is 3.32. The van der Waals surface area contributed by atoms with Gasteiger partial charge >= 0.3 is 0 Å². The molecule has 0 atom stereocenters. The van der Waals surface area contributed by atoms with Crippen molar-refractivity contribution in [3.8, 4) is 0 Å². The first kappa shape index (κ1) is 15.5. The molecule has 1 aliphatic rings. The van der Waals surface area contributed by atoms with Crippen LogP contribution in [0.15, 0.2) is 0 Å². The highest BCUT2D eigenvalue weighted by molar-refractivity contribution is 7.85. The van der Waals surface area contributed by atoms with Gasteiger partial charge in [-0.25, -0.2) is 0 Å². The van der Waals surface area contributed by atoms with Crippen molar-refractivity contribution in [3.63, 3.8) is 0 Å². The van der Waals surface area contributed by atoms with E-state index < -0.39 is 10.8 Å².